The number of rotatable bonds is 4. The average molecular weight is 645 g/mol. The van der Waals surface area contributed by atoms with Gasteiger partial charge >= 0.3 is 5.97 Å². The third-order valence-electron chi connectivity index (χ3n) is 10.7. The number of hydrogen-bond donors (Lipinski definition) is 3. The van der Waals surface area contributed by atoms with Gasteiger partial charge in [-0.25, -0.2) is 0 Å². The van der Waals surface area contributed by atoms with Gasteiger partial charge in [0.25, 0.3) is 0 Å². The third kappa shape index (κ3) is 8.78. The Kier molecular flexibility index (Phi) is 13.3. The van der Waals surface area contributed by atoms with E-state index in [4.69, 9.17) is 23.7 Å². The molecular weight excluding hydrogens is 580 g/mol. The topological polar surface area (TPSA) is 130 Å². The Balaban J connectivity index is 2.17. The van der Waals surface area contributed by atoms with Crippen LogP contribution in [0.4, 0.5) is 0 Å². The van der Waals surface area contributed by atoms with Crippen molar-refractivity contribution in [3.63, 3.8) is 0 Å². The number of likely N-dealkylation sites (N-methyl/N-ethyl adjacent to an activating group) is 2. The summed E-state index contributed by atoms with van der Waals surface area (Å²) >= 11 is 0. The number of aliphatic hydroxyl groups is 3. The monoisotopic (exact) mass is 644 g/mol. The highest BCUT2D eigenvalue weighted by Gasteiger charge is 2.51. The highest BCUT2D eigenvalue weighted by atomic mass is 16.7. The van der Waals surface area contributed by atoms with E-state index in [1.165, 1.54) is 0 Å². The molecule has 4 rings (SSSR count). The molecule has 4 fully saturated rings. The molecule has 45 heavy (non-hydrogen) atoms. The van der Waals surface area contributed by atoms with Crippen LogP contribution in [0.1, 0.15) is 81.6 Å². The first-order valence-electron chi connectivity index (χ1n) is 17.1. The lowest BCUT2D eigenvalue weighted by Crippen LogP contribution is -2.60. The van der Waals surface area contributed by atoms with Crippen molar-refractivity contribution < 1.29 is 43.8 Å². The van der Waals surface area contributed by atoms with Gasteiger partial charge in [-0.1, -0.05) is 27.7 Å². The van der Waals surface area contributed by atoms with Crippen LogP contribution in [-0.2, 0) is 28.5 Å². The number of aliphatic hydroxyl groups excluding tert-OH is 2. The Bertz CT molecular complexity index is 953. The van der Waals surface area contributed by atoms with Crippen LogP contribution in [-0.4, -0.2) is 138 Å². The third-order valence-corrected chi connectivity index (χ3v) is 10.7. The van der Waals surface area contributed by atoms with Crippen LogP contribution in [0.5, 0.6) is 0 Å². The van der Waals surface area contributed by atoms with Gasteiger partial charge in [0.1, 0.15) is 23.9 Å². The number of fused-ring (bicyclic) bond motifs is 15. The molecule has 0 aromatic carbocycles. The first-order valence-corrected chi connectivity index (χ1v) is 17.1. The van der Waals surface area contributed by atoms with Crippen molar-refractivity contribution >= 4 is 5.97 Å². The molecular formula is C34H64N2O9. The smallest absolute Gasteiger partial charge is 0.311 e. The van der Waals surface area contributed by atoms with E-state index in [9.17, 15) is 20.1 Å². The van der Waals surface area contributed by atoms with Crippen molar-refractivity contribution in [1.82, 2.24) is 9.80 Å². The first kappa shape index (κ1) is 38.6. The molecule has 0 amide bonds. The van der Waals surface area contributed by atoms with E-state index in [1.54, 1.807) is 13.8 Å². The van der Waals surface area contributed by atoms with E-state index in [-0.39, 0.29) is 30.0 Å². The summed E-state index contributed by atoms with van der Waals surface area (Å²) in [6.07, 6.45) is -3.92. The van der Waals surface area contributed by atoms with Crippen LogP contribution in [0.25, 0.3) is 0 Å². The summed E-state index contributed by atoms with van der Waals surface area (Å²) in [5, 5.41) is 35.3. The molecule has 0 saturated carbocycles. The van der Waals surface area contributed by atoms with Crippen LogP contribution >= 0.6 is 0 Å². The van der Waals surface area contributed by atoms with E-state index in [2.05, 4.69) is 11.8 Å². The Morgan fingerprint density at radius 2 is 1.67 bits per heavy atom. The summed E-state index contributed by atoms with van der Waals surface area (Å²) in [4.78, 5) is 17.8. The number of ether oxygens (including phenoxy) is 5. The fourth-order valence-corrected chi connectivity index (χ4v) is 7.79. The second-order valence-electron chi connectivity index (χ2n) is 15.3. The van der Waals surface area contributed by atoms with Gasteiger partial charge in [0.15, 0.2) is 6.29 Å². The Labute approximate surface area is 271 Å². The summed E-state index contributed by atoms with van der Waals surface area (Å²) in [6.45, 7) is 18.6. The average Bonchev–Trinajstić information content (AvgIpc) is 2.96. The summed E-state index contributed by atoms with van der Waals surface area (Å²) in [5.74, 6) is -2.10. The molecule has 4 saturated heterocycles. The highest BCUT2D eigenvalue weighted by Crippen LogP contribution is 2.39. The van der Waals surface area contributed by atoms with Crippen LogP contribution < -0.4 is 0 Å². The number of carbonyl (C=O) groups excluding carboxylic acids is 1. The van der Waals surface area contributed by atoms with Gasteiger partial charge in [0, 0.05) is 30.5 Å². The normalized spacial score (nSPS) is 48.5. The predicted molar refractivity (Wildman–Crippen MR) is 172 cm³/mol. The van der Waals surface area contributed by atoms with Crippen molar-refractivity contribution in [3.8, 4) is 0 Å². The lowest BCUT2D eigenvalue weighted by atomic mass is 9.77. The molecule has 3 unspecified atom stereocenters. The van der Waals surface area contributed by atoms with Crippen molar-refractivity contribution in [3.05, 3.63) is 0 Å². The minimum atomic E-state index is -1.50. The largest absolute Gasteiger partial charge is 0.459 e. The second kappa shape index (κ2) is 15.6. The van der Waals surface area contributed by atoms with Gasteiger partial charge in [-0.2, -0.15) is 0 Å². The molecule has 11 nitrogen and oxygen atoms in total. The molecule has 0 aromatic rings. The van der Waals surface area contributed by atoms with Crippen LogP contribution in [0.2, 0.25) is 0 Å². The standard InChI is InChI=1S/C34H64N2O9/c1-13-26-34(9,40)30-24(7)36(12)16-19(2)15-33(8,42-18-20(3)17-41-30)29(22(5)27(37)23(6)31(39)44-26)45-32-28(38)25(35(10)11)14-21(4)43-32/h19-30,32,37-38,40H,13-18H2,1-12H3/t19-,20?,21-,22+,23?,24-,25+,26-,27?,28-,29-,30+,32+,33-,34-/m1/s1. The first-order chi connectivity index (χ1) is 20.8. The van der Waals surface area contributed by atoms with E-state index in [0.29, 0.717) is 39.0 Å². The Morgan fingerprint density at radius 1 is 1.02 bits per heavy atom. The van der Waals surface area contributed by atoms with Crippen LogP contribution in [0, 0.1) is 23.7 Å². The number of hydrogen-bond acceptors (Lipinski definition) is 11. The zero-order chi connectivity index (χ0) is 34.0. The maximum absolute atomic E-state index is 13.6. The summed E-state index contributed by atoms with van der Waals surface area (Å²) in [5.41, 5.74) is -2.44. The SMILES string of the molecule is CC[C@H]1OC(=O)C(C)C(O)[C@H](C)[C@@H](O[C@@H]2O[C@H](C)C[C@H](N(C)C)[C@H]2O)[C@@]2(C)C[C@@H](C)CN(C)[C@H](C)[C@H](OCC(C)CO2)[C@]1(C)O. The van der Waals surface area contributed by atoms with E-state index in [0.717, 1.165) is 0 Å². The van der Waals surface area contributed by atoms with Crippen molar-refractivity contribution in [2.24, 2.45) is 23.7 Å². The van der Waals surface area contributed by atoms with Crippen molar-refractivity contribution in [2.45, 2.75) is 148 Å². The van der Waals surface area contributed by atoms with Gasteiger partial charge in [0.2, 0.25) is 0 Å². The summed E-state index contributed by atoms with van der Waals surface area (Å²) in [6, 6.07) is -0.388. The molecule has 2 bridgehead atoms. The van der Waals surface area contributed by atoms with Crippen molar-refractivity contribution in [1.29, 1.82) is 0 Å². The lowest BCUT2D eigenvalue weighted by molar-refractivity contribution is -0.304. The summed E-state index contributed by atoms with van der Waals surface area (Å²) in [7, 11) is 5.87. The second-order valence-corrected chi connectivity index (χ2v) is 15.3. The fourth-order valence-electron chi connectivity index (χ4n) is 7.79. The van der Waals surface area contributed by atoms with Crippen LogP contribution in [0.3, 0.4) is 0 Å². The van der Waals surface area contributed by atoms with E-state index in [1.807, 2.05) is 67.6 Å². The molecule has 4 aliphatic rings. The highest BCUT2D eigenvalue weighted by molar-refractivity contribution is 5.73. The number of carbonyl (C=O) groups is 1. The molecule has 4 heterocycles. The fraction of sp³-hybridized carbons (Fsp3) is 0.971. The number of nitrogens with zero attached hydrogens (tertiary/aromatic N) is 2. The molecule has 0 aliphatic carbocycles. The molecule has 11 heteroatoms. The van der Waals surface area contributed by atoms with Gasteiger partial charge in [0.05, 0.1) is 43.0 Å². The minimum absolute atomic E-state index is 0.0444. The van der Waals surface area contributed by atoms with Crippen molar-refractivity contribution in [2.75, 3.05) is 40.9 Å². The zero-order valence-electron chi connectivity index (χ0n) is 29.9. The molecule has 0 radical (unpaired) electrons. The predicted octanol–water partition coefficient (Wildman–Crippen LogP) is 2.67. The Morgan fingerprint density at radius 3 is 2.27 bits per heavy atom. The maximum Gasteiger partial charge on any atom is 0.311 e. The number of esters is 1. The van der Waals surface area contributed by atoms with Gasteiger partial charge in [-0.05, 0) is 80.9 Å². The van der Waals surface area contributed by atoms with E-state index >= 15 is 0 Å². The molecule has 0 aromatic heterocycles. The molecule has 264 valence electrons. The quantitative estimate of drug-likeness (QED) is 0.391. The summed E-state index contributed by atoms with van der Waals surface area (Å²) < 4.78 is 32.3. The molecule has 4 aliphatic heterocycles. The molecule has 3 N–H and O–H groups in total. The van der Waals surface area contributed by atoms with Gasteiger partial charge in [-0.15, -0.1) is 0 Å². The minimum Gasteiger partial charge on any atom is -0.459 e. The van der Waals surface area contributed by atoms with Gasteiger partial charge in [-0.3, -0.25) is 4.79 Å². The molecule has 15 atom stereocenters. The maximum atomic E-state index is 13.6. The van der Waals surface area contributed by atoms with E-state index < -0.39 is 65.8 Å². The lowest BCUT2D eigenvalue weighted by Gasteiger charge is -2.49. The zero-order valence-corrected chi connectivity index (χ0v) is 29.9. The molecule has 0 spiro atoms. The van der Waals surface area contributed by atoms with Crippen LogP contribution in [0.15, 0.2) is 0 Å². The Hall–Kier alpha value is -0.890. The van der Waals surface area contributed by atoms with Gasteiger partial charge < -0.3 is 48.8 Å².